The molecule has 73 heavy (non-hydrogen) atoms. The molecule has 7 aliphatic rings. The molecule has 372 valence electrons. The molecule has 0 radical (unpaired) electrons. The summed E-state index contributed by atoms with van der Waals surface area (Å²) in [6.07, 6.45) is 13.3. The summed E-state index contributed by atoms with van der Waals surface area (Å²) in [4.78, 5) is 48.8. The first-order chi connectivity index (χ1) is 35.0. The minimum absolute atomic E-state index is 0.0258. The van der Waals surface area contributed by atoms with E-state index in [2.05, 4.69) is 57.0 Å². The number of Topliss-reactive ketones (excluding diaryl/α,β-unsaturated/α-hetero) is 2. The Morgan fingerprint density at radius 2 is 1.27 bits per heavy atom. The Morgan fingerprint density at radius 3 is 1.89 bits per heavy atom. The van der Waals surface area contributed by atoms with Gasteiger partial charge < -0.3 is 4.90 Å². The largest absolute Gasteiger partial charge is 0.416 e. The predicted molar refractivity (Wildman–Crippen MR) is 272 cm³/mol. The summed E-state index contributed by atoms with van der Waals surface area (Å²) < 4.78 is 46.1. The van der Waals surface area contributed by atoms with E-state index >= 15 is 0 Å². The third-order valence-corrected chi connectivity index (χ3v) is 17.1. The van der Waals surface area contributed by atoms with Crippen molar-refractivity contribution in [3.05, 3.63) is 195 Å². The number of rotatable bonds is 12. The van der Waals surface area contributed by atoms with Crippen molar-refractivity contribution in [1.82, 2.24) is 43.8 Å². The SMILES string of the molecule is Cc1ccc(C(=O)Cc2ccc(CN3CCN(C)CC3)c(C(F)(F)F)c2)cc1C12CC(c3cn4ncccc4n3)(C1)C2.Cc1ccnc(CC(=O)c2ccc(C)c(C34CC(c5cn6cnccc6n5)(C3)C4)c2)c1. The van der Waals surface area contributed by atoms with Crippen LogP contribution in [0.2, 0.25) is 0 Å². The zero-order chi connectivity index (χ0) is 50.5. The Bertz CT molecular complexity index is 3390. The van der Waals surface area contributed by atoms with E-state index in [9.17, 15) is 22.8 Å². The lowest BCUT2D eigenvalue weighted by Gasteiger charge is -2.71. The van der Waals surface area contributed by atoms with Crippen LogP contribution < -0.4 is 0 Å². The summed E-state index contributed by atoms with van der Waals surface area (Å²) in [5, 5.41) is 4.35. The zero-order valence-electron chi connectivity index (χ0n) is 41.7. The highest BCUT2D eigenvalue weighted by molar-refractivity contribution is 5.98. The van der Waals surface area contributed by atoms with Crippen LogP contribution in [0.15, 0.2) is 122 Å². The Hall–Kier alpha value is -6.90. The number of hydrogen-bond acceptors (Lipinski definition) is 9. The fraction of sp³-hybridized carbons (Fsp3) is 0.373. The van der Waals surface area contributed by atoms with Gasteiger partial charge in [-0.25, -0.2) is 19.5 Å². The van der Waals surface area contributed by atoms with E-state index in [1.165, 1.54) is 28.5 Å². The van der Waals surface area contributed by atoms with Crippen LogP contribution in [0.25, 0.3) is 11.3 Å². The van der Waals surface area contributed by atoms with Crippen molar-refractivity contribution in [1.29, 1.82) is 0 Å². The van der Waals surface area contributed by atoms with Crippen molar-refractivity contribution in [2.75, 3.05) is 33.2 Å². The summed E-state index contributed by atoms with van der Waals surface area (Å²) in [5.74, 6) is -0.0301. The molecule has 6 heterocycles. The first kappa shape index (κ1) is 47.1. The Labute approximate surface area is 422 Å². The predicted octanol–water partition coefficient (Wildman–Crippen LogP) is 10.1. The number of likely N-dealkylation sites (N-methyl/N-ethyl adjacent to an activating group) is 1. The second-order valence-corrected chi connectivity index (χ2v) is 22.3. The number of aryl methyl sites for hydroxylation is 3. The molecular weight excluding hydrogens is 924 g/mol. The van der Waals surface area contributed by atoms with Gasteiger partial charge in [0.15, 0.2) is 17.2 Å². The van der Waals surface area contributed by atoms with Crippen LogP contribution in [0.5, 0.6) is 0 Å². The number of benzene rings is 3. The smallest absolute Gasteiger partial charge is 0.304 e. The van der Waals surface area contributed by atoms with Crippen molar-refractivity contribution in [2.45, 2.75) is 107 Å². The molecule has 4 bridgehead atoms. The number of imidazole rings is 2. The van der Waals surface area contributed by atoms with E-state index in [1.54, 1.807) is 30.7 Å². The average molecular weight is 982 g/mol. The van der Waals surface area contributed by atoms with Crippen LogP contribution in [-0.2, 0) is 47.2 Å². The lowest BCUT2D eigenvalue weighted by molar-refractivity contribution is -0.138. The van der Waals surface area contributed by atoms with Gasteiger partial charge in [-0.15, -0.1) is 0 Å². The Kier molecular flexibility index (Phi) is 11.2. The number of halogens is 3. The molecule has 1 saturated heterocycles. The minimum Gasteiger partial charge on any atom is -0.304 e. The van der Waals surface area contributed by atoms with Crippen LogP contribution in [0, 0.1) is 20.8 Å². The highest BCUT2D eigenvalue weighted by Crippen LogP contribution is 2.75. The normalized spacial score (nSPS) is 24.2. The van der Waals surface area contributed by atoms with Gasteiger partial charge in [-0.05, 0) is 165 Å². The van der Waals surface area contributed by atoms with Crippen molar-refractivity contribution >= 4 is 22.9 Å². The van der Waals surface area contributed by atoms with E-state index in [4.69, 9.17) is 9.97 Å². The second-order valence-electron chi connectivity index (χ2n) is 22.3. The summed E-state index contributed by atoms with van der Waals surface area (Å²) in [6, 6.07) is 26.1. The molecule has 8 aromatic rings. The molecule has 14 heteroatoms. The number of nitrogens with zero attached hydrogens (tertiary/aromatic N) is 9. The molecule has 11 nitrogen and oxygen atoms in total. The topological polar surface area (TPSA) is 114 Å². The molecule has 7 fully saturated rings. The van der Waals surface area contributed by atoms with Crippen molar-refractivity contribution < 1.29 is 22.8 Å². The summed E-state index contributed by atoms with van der Waals surface area (Å²) in [7, 11) is 2.02. The highest BCUT2D eigenvalue weighted by atomic mass is 19.4. The molecule has 1 aliphatic heterocycles. The Balaban J connectivity index is 0.000000155. The zero-order valence-corrected chi connectivity index (χ0v) is 41.7. The first-order valence-electron chi connectivity index (χ1n) is 25.4. The van der Waals surface area contributed by atoms with Crippen LogP contribution in [0.4, 0.5) is 13.2 Å². The molecule has 3 aromatic carbocycles. The molecule has 5 aromatic heterocycles. The van der Waals surface area contributed by atoms with Gasteiger partial charge in [0.25, 0.3) is 0 Å². The molecule has 0 atom stereocenters. The molecule has 0 unspecified atom stereocenters. The molecule has 0 spiro atoms. The fourth-order valence-electron chi connectivity index (χ4n) is 13.2. The van der Waals surface area contributed by atoms with Crippen molar-refractivity contribution in [3.63, 3.8) is 0 Å². The van der Waals surface area contributed by atoms with E-state index in [0.717, 1.165) is 104 Å². The van der Waals surface area contributed by atoms with Crippen LogP contribution >= 0.6 is 0 Å². The number of hydrogen-bond donors (Lipinski definition) is 0. The van der Waals surface area contributed by atoms with Crippen molar-refractivity contribution in [2.24, 2.45) is 0 Å². The molecule has 6 aliphatic carbocycles. The Morgan fingerprint density at radius 1 is 0.644 bits per heavy atom. The molecule has 6 saturated carbocycles. The first-order valence-corrected chi connectivity index (χ1v) is 25.4. The molecule has 15 rings (SSSR count). The number of piperazine rings is 1. The third-order valence-electron chi connectivity index (χ3n) is 17.1. The number of aromatic nitrogens is 7. The number of fused-ring (bicyclic) bond motifs is 2. The van der Waals surface area contributed by atoms with Gasteiger partial charge in [0.05, 0.1) is 29.6 Å². The second kappa shape index (κ2) is 17.4. The van der Waals surface area contributed by atoms with Crippen LogP contribution in [0.3, 0.4) is 0 Å². The number of carbonyl (C=O) groups is 2. The van der Waals surface area contributed by atoms with E-state index in [1.807, 2.05) is 90.0 Å². The van der Waals surface area contributed by atoms with Gasteiger partial charge in [0.1, 0.15) is 12.0 Å². The average Bonchev–Trinajstić information content (AvgIpc) is 3.94. The number of ketones is 2. The quantitative estimate of drug-likeness (QED) is 0.110. The fourth-order valence-corrected chi connectivity index (χ4v) is 13.2. The summed E-state index contributed by atoms with van der Waals surface area (Å²) in [5.41, 5.74) is 12.8. The van der Waals surface area contributed by atoms with Gasteiger partial charge in [-0.2, -0.15) is 18.3 Å². The highest BCUT2D eigenvalue weighted by Gasteiger charge is 2.71. The van der Waals surface area contributed by atoms with Crippen molar-refractivity contribution in [3.8, 4) is 0 Å². The maximum Gasteiger partial charge on any atom is 0.416 e. The molecular formula is C59H58F3N9O2. The minimum atomic E-state index is -4.48. The third kappa shape index (κ3) is 8.36. The molecule has 0 amide bonds. The van der Waals surface area contributed by atoms with Crippen LogP contribution in [0.1, 0.15) is 121 Å². The van der Waals surface area contributed by atoms with Gasteiger partial charge >= 0.3 is 6.18 Å². The lowest BCUT2D eigenvalue weighted by atomic mass is 9.32. The molecule has 0 N–H and O–H groups in total. The van der Waals surface area contributed by atoms with Gasteiger partial charge in [0, 0.05) is 91.6 Å². The van der Waals surface area contributed by atoms with E-state index < -0.39 is 11.7 Å². The van der Waals surface area contributed by atoms with Gasteiger partial charge in [-0.3, -0.25) is 23.9 Å². The standard InChI is InChI=1S/C33H34F3N5O.C26H24N4O/c1-22-5-7-24(16-26(22)31-19-32(20-31,21-31)29-18-41-30(38-29)4-3-9-37-41)28(42)15-23-6-8-25(27(14-23)33(34,35)36)17-40-12-10-39(2)11-13-40;1-17-5-8-28-20(9-17)11-22(31)19-4-3-18(2)21(10-19)25-13-26(14-25,15-25)23-12-30-16-27-7-6-24(30)29-23/h3-9,14,16,18H,10-13,15,17,19-21H2,1-2H3;3-10,12,16H,11,13-15H2,1-2H3. The monoisotopic (exact) mass is 981 g/mol. The van der Waals surface area contributed by atoms with Gasteiger partial charge in [0.2, 0.25) is 0 Å². The van der Waals surface area contributed by atoms with E-state index in [0.29, 0.717) is 17.5 Å². The maximum absolute atomic E-state index is 14.1. The van der Waals surface area contributed by atoms with E-state index in [-0.39, 0.29) is 51.8 Å². The van der Waals surface area contributed by atoms with Crippen LogP contribution in [-0.4, -0.2) is 88.5 Å². The summed E-state index contributed by atoms with van der Waals surface area (Å²) in [6.45, 7) is 9.67. The van der Waals surface area contributed by atoms with Gasteiger partial charge in [-0.1, -0.05) is 36.4 Å². The number of pyridine rings is 1. The number of alkyl halides is 3. The summed E-state index contributed by atoms with van der Waals surface area (Å²) >= 11 is 0. The number of carbonyl (C=O) groups excluding carboxylic acids is 2. The maximum atomic E-state index is 14.1. The lowest BCUT2D eigenvalue weighted by Crippen LogP contribution is -2.67.